The smallest absolute Gasteiger partial charge is 0.328 e. The van der Waals surface area contributed by atoms with Crippen molar-refractivity contribution < 1.29 is 4.79 Å². The van der Waals surface area contributed by atoms with E-state index in [0.29, 0.717) is 0 Å². The van der Waals surface area contributed by atoms with Crippen LogP contribution in [0, 0.1) is 0 Å². The molecule has 146 valence electrons. The standard InChI is InChI=1S/C17H25N7O3/c1-22(2)9-13-20-21-15(23(13)3)10-5-12(6-10)19-14(25)7-11-8-18-17(27)24(4)16(11)26/h8,10,12H,5-7,9H2,1-4H3,(H,18,27)(H,19,25). The molecule has 2 aromatic rings. The molecular weight excluding hydrogens is 350 g/mol. The van der Waals surface area contributed by atoms with Crippen LogP contribution in [-0.4, -0.2) is 55.3 Å². The maximum Gasteiger partial charge on any atom is 0.328 e. The van der Waals surface area contributed by atoms with Crippen molar-refractivity contribution in [1.29, 1.82) is 0 Å². The number of aromatic amines is 1. The minimum atomic E-state index is -0.497. The van der Waals surface area contributed by atoms with Gasteiger partial charge >= 0.3 is 5.69 Å². The Hall–Kier alpha value is -2.75. The van der Waals surface area contributed by atoms with E-state index in [1.165, 1.54) is 13.2 Å². The van der Waals surface area contributed by atoms with E-state index in [0.717, 1.165) is 35.6 Å². The number of hydrogen-bond donors (Lipinski definition) is 2. The third-order valence-electron chi connectivity index (χ3n) is 4.93. The zero-order chi connectivity index (χ0) is 19.7. The molecule has 10 heteroatoms. The lowest BCUT2D eigenvalue weighted by Gasteiger charge is -2.35. The molecule has 0 radical (unpaired) electrons. The number of hydrogen-bond acceptors (Lipinski definition) is 6. The van der Waals surface area contributed by atoms with Crippen LogP contribution in [0.3, 0.4) is 0 Å². The number of amides is 1. The molecule has 0 saturated heterocycles. The molecule has 3 rings (SSSR count). The van der Waals surface area contributed by atoms with Crippen molar-refractivity contribution in [3.8, 4) is 0 Å². The summed E-state index contributed by atoms with van der Waals surface area (Å²) in [6, 6.07) is 0.0584. The van der Waals surface area contributed by atoms with Gasteiger partial charge in [-0.15, -0.1) is 10.2 Å². The summed E-state index contributed by atoms with van der Waals surface area (Å²) in [4.78, 5) is 40.1. The molecule has 1 fully saturated rings. The second kappa shape index (κ2) is 7.47. The Morgan fingerprint density at radius 3 is 2.63 bits per heavy atom. The molecule has 0 aromatic carbocycles. The van der Waals surface area contributed by atoms with Crippen LogP contribution in [0.4, 0.5) is 0 Å². The Bertz CT molecular complexity index is 950. The Morgan fingerprint density at radius 1 is 1.26 bits per heavy atom. The molecule has 0 unspecified atom stereocenters. The number of nitrogens with zero attached hydrogens (tertiary/aromatic N) is 5. The average Bonchev–Trinajstić information content (AvgIpc) is 2.91. The van der Waals surface area contributed by atoms with Crippen LogP contribution >= 0.6 is 0 Å². The third kappa shape index (κ3) is 4.00. The molecule has 2 heterocycles. The summed E-state index contributed by atoms with van der Waals surface area (Å²) in [6.07, 6.45) is 2.84. The molecule has 0 atom stereocenters. The molecule has 1 saturated carbocycles. The largest absolute Gasteiger partial charge is 0.353 e. The van der Waals surface area contributed by atoms with Gasteiger partial charge in [-0.2, -0.15) is 0 Å². The van der Waals surface area contributed by atoms with Crippen LogP contribution < -0.4 is 16.6 Å². The zero-order valence-electron chi connectivity index (χ0n) is 16.0. The van der Waals surface area contributed by atoms with Gasteiger partial charge < -0.3 is 19.8 Å². The topological polar surface area (TPSA) is 118 Å². The minimum Gasteiger partial charge on any atom is -0.353 e. The Labute approximate surface area is 156 Å². The SMILES string of the molecule is CN(C)Cc1nnc(C2CC(NC(=O)Cc3c[nH]c(=O)n(C)c3=O)C2)n1C. The second-order valence-electron chi connectivity index (χ2n) is 7.36. The Morgan fingerprint density at radius 2 is 1.96 bits per heavy atom. The summed E-state index contributed by atoms with van der Waals surface area (Å²) >= 11 is 0. The van der Waals surface area contributed by atoms with E-state index in [1.54, 1.807) is 0 Å². The number of nitrogens with one attached hydrogen (secondary N) is 2. The van der Waals surface area contributed by atoms with Gasteiger partial charge in [-0.05, 0) is 26.9 Å². The van der Waals surface area contributed by atoms with E-state index in [-0.39, 0.29) is 29.9 Å². The molecule has 1 aliphatic carbocycles. The number of H-pyrrole nitrogens is 1. The summed E-state index contributed by atoms with van der Waals surface area (Å²) in [6.45, 7) is 0.727. The minimum absolute atomic E-state index is 0.0540. The van der Waals surface area contributed by atoms with E-state index < -0.39 is 11.2 Å². The summed E-state index contributed by atoms with van der Waals surface area (Å²) in [5.41, 5.74) is -0.677. The molecule has 2 N–H and O–H groups in total. The first kappa shape index (κ1) is 19.0. The molecule has 27 heavy (non-hydrogen) atoms. The summed E-state index contributed by atoms with van der Waals surface area (Å²) in [5.74, 6) is 1.89. The van der Waals surface area contributed by atoms with Crippen molar-refractivity contribution in [1.82, 2.24) is 34.5 Å². The highest BCUT2D eigenvalue weighted by Gasteiger charge is 2.34. The first-order valence-corrected chi connectivity index (χ1v) is 8.86. The van der Waals surface area contributed by atoms with Crippen molar-refractivity contribution in [2.75, 3.05) is 14.1 Å². The van der Waals surface area contributed by atoms with E-state index >= 15 is 0 Å². The molecule has 0 aliphatic heterocycles. The number of aromatic nitrogens is 5. The average molecular weight is 375 g/mol. The highest BCUT2D eigenvalue weighted by Crippen LogP contribution is 2.35. The summed E-state index contributed by atoms with van der Waals surface area (Å²) in [7, 11) is 7.31. The normalized spacial score (nSPS) is 19.1. The quantitative estimate of drug-likeness (QED) is 0.660. The first-order valence-electron chi connectivity index (χ1n) is 8.86. The van der Waals surface area contributed by atoms with Gasteiger partial charge in [-0.3, -0.25) is 14.2 Å². The van der Waals surface area contributed by atoms with Crippen LogP contribution in [-0.2, 0) is 31.9 Å². The predicted octanol–water partition coefficient (Wildman–Crippen LogP) is -1.13. The molecule has 1 amide bonds. The fourth-order valence-corrected chi connectivity index (χ4v) is 3.29. The van der Waals surface area contributed by atoms with Crippen molar-refractivity contribution >= 4 is 5.91 Å². The molecule has 1 aliphatic rings. The third-order valence-corrected chi connectivity index (χ3v) is 4.93. The molecule has 2 aromatic heterocycles. The fraction of sp³-hybridized carbons (Fsp3) is 0.588. The van der Waals surface area contributed by atoms with Gasteiger partial charge in [0.1, 0.15) is 11.6 Å². The van der Waals surface area contributed by atoms with E-state index in [9.17, 15) is 14.4 Å². The predicted molar refractivity (Wildman–Crippen MR) is 98.3 cm³/mol. The van der Waals surface area contributed by atoms with Gasteiger partial charge in [0.15, 0.2) is 0 Å². The number of rotatable bonds is 6. The van der Waals surface area contributed by atoms with Crippen LogP contribution in [0.5, 0.6) is 0 Å². The van der Waals surface area contributed by atoms with Gasteiger partial charge in [-0.1, -0.05) is 0 Å². The highest BCUT2D eigenvalue weighted by atomic mass is 16.2. The molecule has 10 nitrogen and oxygen atoms in total. The van der Waals surface area contributed by atoms with Gasteiger partial charge in [0.05, 0.1) is 13.0 Å². The lowest BCUT2D eigenvalue weighted by molar-refractivity contribution is -0.121. The van der Waals surface area contributed by atoms with Crippen LogP contribution in [0.1, 0.15) is 36.0 Å². The zero-order valence-corrected chi connectivity index (χ0v) is 16.0. The number of carbonyl (C=O) groups is 1. The maximum absolute atomic E-state index is 12.2. The van der Waals surface area contributed by atoms with Gasteiger partial charge in [0.25, 0.3) is 5.56 Å². The summed E-state index contributed by atoms with van der Waals surface area (Å²) in [5, 5.41) is 11.5. The lowest BCUT2D eigenvalue weighted by atomic mass is 9.79. The van der Waals surface area contributed by atoms with Gasteiger partial charge in [-0.25, -0.2) is 4.79 Å². The lowest BCUT2D eigenvalue weighted by Crippen LogP contribution is -2.45. The van der Waals surface area contributed by atoms with Gasteiger partial charge in [0, 0.05) is 37.8 Å². The number of carbonyl (C=O) groups excluding carboxylic acids is 1. The Balaban J connectivity index is 1.54. The Kier molecular flexibility index (Phi) is 5.26. The van der Waals surface area contributed by atoms with Crippen LogP contribution in [0.25, 0.3) is 0 Å². The van der Waals surface area contributed by atoms with Gasteiger partial charge in [0.2, 0.25) is 5.91 Å². The van der Waals surface area contributed by atoms with Crippen LogP contribution in [0.2, 0.25) is 0 Å². The van der Waals surface area contributed by atoms with E-state index in [4.69, 9.17) is 0 Å². The maximum atomic E-state index is 12.2. The van der Waals surface area contributed by atoms with E-state index in [1.807, 2.05) is 30.6 Å². The van der Waals surface area contributed by atoms with Crippen molar-refractivity contribution in [2.24, 2.45) is 14.1 Å². The van der Waals surface area contributed by atoms with Crippen LogP contribution in [0.15, 0.2) is 15.8 Å². The van der Waals surface area contributed by atoms with Crippen molar-refractivity contribution in [3.63, 3.8) is 0 Å². The molecule has 0 bridgehead atoms. The highest BCUT2D eigenvalue weighted by molar-refractivity contribution is 5.78. The summed E-state index contributed by atoms with van der Waals surface area (Å²) < 4.78 is 2.98. The fourth-order valence-electron chi connectivity index (χ4n) is 3.29. The first-order chi connectivity index (χ1) is 12.8. The molecule has 0 spiro atoms. The monoisotopic (exact) mass is 375 g/mol. The van der Waals surface area contributed by atoms with E-state index in [2.05, 4.69) is 20.5 Å². The van der Waals surface area contributed by atoms with Crippen molar-refractivity contribution in [3.05, 3.63) is 44.2 Å². The molecular formula is C17H25N7O3. The van der Waals surface area contributed by atoms with Crippen molar-refractivity contribution in [2.45, 2.75) is 37.8 Å². The second-order valence-corrected chi connectivity index (χ2v) is 7.36.